The second-order valence-corrected chi connectivity index (χ2v) is 4.59. The molecule has 0 aliphatic carbocycles. The lowest BCUT2D eigenvalue weighted by atomic mass is 10.0. The Bertz CT molecular complexity index is 142. The van der Waals surface area contributed by atoms with E-state index in [9.17, 15) is 0 Å². The molecule has 0 aromatic carbocycles. The van der Waals surface area contributed by atoms with Crippen molar-refractivity contribution in [1.82, 2.24) is 10.6 Å². The second kappa shape index (κ2) is 8.08. The summed E-state index contributed by atoms with van der Waals surface area (Å²) < 4.78 is 0. The molecule has 3 N–H and O–H groups in total. The molecule has 1 heterocycles. The van der Waals surface area contributed by atoms with E-state index in [1.165, 1.54) is 25.8 Å². The molecule has 0 aromatic rings. The molecule has 0 radical (unpaired) electrons. The first-order chi connectivity index (χ1) is 7.36. The van der Waals surface area contributed by atoms with Crippen LogP contribution in [-0.4, -0.2) is 37.4 Å². The van der Waals surface area contributed by atoms with Crippen LogP contribution in [0.4, 0.5) is 0 Å². The standard InChI is InChI=1S/C12H26N2O/c1-2-11(6-8-15)9-13-10-12-5-3-4-7-14-12/h11-15H,2-10H2,1H3. The molecule has 3 heteroatoms. The Morgan fingerprint density at radius 1 is 1.47 bits per heavy atom. The normalized spacial score (nSPS) is 24.0. The van der Waals surface area contributed by atoms with Crippen molar-refractivity contribution < 1.29 is 5.11 Å². The molecule has 0 bridgehead atoms. The maximum atomic E-state index is 8.88. The van der Waals surface area contributed by atoms with Crippen molar-refractivity contribution in [1.29, 1.82) is 0 Å². The smallest absolute Gasteiger partial charge is 0.0434 e. The average Bonchev–Trinajstić information content (AvgIpc) is 2.29. The zero-order valence-corrected chi connectivity index (χ0v) is 9.97. The van der Waals surface area contributed by atoms with Crippen molar-refractivity contribution in [3.05, 3.63) is 0 Å². The van der Waals surface area contributed by atoms with Crippen LogP contribution >= 0.6 is 0 Å². The van der Waals surface area contributed by atoms with E-state index in [-0.39, 0.29) is 0 Å². The molecule has 0 amide bonds. The molecule has 1 saturated heterocycles. The third kappa shape index (κ3) is 5.50. The Hall–Kier alpha value is -0.120. The van der Waals surface area contributed by atoms with Crippen LogP contribution in [0.3, 0.4) is 0 Å². The predicted octanol–water partition coefficient (Wildman–Crippen LogP) is 1.13. The van der Waals surface area contributed by atoms with Crippen molar-refractivity contribution in [3.8, 4) is 0 Å². The highest BCUT2D eigenvalue weighted by atomic mass is 16.3. The van der Waals surface area contributed by atoms with E-state index >= 15 is 0 Å². The van der Waals surface area contributed by atoms with Gasteiger partial charge in [-0.1, -0.05) is 19.8 Å². The van der Waals surface area contributed by atoms with E-state index in [4.69, 9.17) is 5.11 Å². The molecule has 0 aromatic heterocycles. The molecule has 1 fully saturated rings. The Kier molecular flexibility index (Phi) is 6.98. The Morgan fingerprint density at radius 3 is 2.93 bits per heavy atom. The summed E-state index contributed by atoms with van der Waals surface area (Å²) in [6.45, 7) is 5.83. The highest BCUT2D eigenvalue weighted by molar-refractivity contribution is 4.74. The van der Waals surface area contributed by atoms with Crippen molar-refractivity contribution >= 4 is 0 Å². The fraction of sp³-hybridized carbons (Fsp3) is 1.00. The van der Waals surface area contributed by atoms with Crippen molar-refractivity contribution in [2.75, 3.05) is 26.2 Å². The number of piperidine rings is 1. The van der Waals surface area contributed by atoms with Crippen molar-refractivity contribution in [3.63, 3.8) is 0 Å². The summed E-state index contributed by atoms with van der Waals surface area (Å²) >= 11 is 0. The fourth-order valence-corrected chi connectivity index (χ4v) is 2.19. The minimum Gasteiger partial charge on any atom is -0.396 e. The maximum absolute atomic E-state index is 8.88. The van der Waals surface area contributed by atoms with Gasteiger partial charge in [-0.15, -0.1) is 0 Å². The van der Waals surface area contributed by atoms with Gasteiger partial charge >= 0.3 is 0 Å². The van der Waals surface area contributed by atoms with Crippen LogP contribution in [0, 0.1) is 5.92 Å². The summed E-state index contributed by atoms with van der Waals surface area (Å²) in [4.78, 5) is 0. The molecular formula is C12H26N2O. The molecule has 0 spiro atoms. The van der Waals surface area contributed by atoms with Gasteiger partial charge in [0.25, 0.3) is 0 Å². The third-order valence-electron chi connectivity index (χ3n) is 3.35. The van der Waals surface area contributed by atoms with Crippen LogP contribution in [0.1, 0.15) is 39.0 Å². The van der Waals surface area contributed by atoms with Crippen LogP contribution < -0.4 is 10.6 Å². The summed E-state index contributed by atoms with van der Waals surface area (Å²) in [5.74, 6) is 0.638. The van der Waals surface area contributed by atoms with E-state index < -0.39 is 0 Å². The van der Waals surface area contributed by atoms with E-state index in [2.05, 4.69) is 17.6 Å². The summed E-state index contributed by atoms with van der Waals surface area (Å²) in [6, 6.07) is 0.672. The molecule has 90 valence electrons. The van der Waals surface area contributed by atoms with Gasteiger partial charge < -0.3 is 15.7 Å². The topological polar surface area (TPSA) is 44.3 Å². The Morgan fingerprint density at radius 2 is 2.33 bits per heavy atom. The number of hydrogen-bond acceptors (Lipinski definition) is 3. The largest absolute Gasteiger partial charge is 0.396 e. The quantitative estimate of drug-likeness (QED) is 0.595. The lowest BCUT2D eigenvalue weighted by molar-refractivity contribution is 0.249. The Balaban J connectivity index is 2.03. The van der Waals surface area contributed by atoms with Gasteiger partial charge in [0.1, 0.15) is 0 Å². The average molecular weight is 214 g/mol. The monoisotopic (exact) mass is 214 g/mol. The van der Waals surface area contributed by atoms with Gasteiger partial charge in [-0.3, -0.25) is 0 Å². The zero-order valence-electron chi connectivity index (χ0n) is 9.97. The molecule has 1 aliphatic heterocycles. The minimum atomic E-state index is 0.321. The molecule has 3 nitrogen and oxygen atoms in total. The molecule has 0 saturated carbocycles. The van der Waals surface area contributed by atoms with E-state index in [0.29, 0.717) is 18.6 Å². The van der Waals surface area contributed by atoms with E-state index in [1.807, 2.05) is 0 Å². The number of nitrogens with one attached hydrogen (secondary N) is 2. The summed E-state index contributed by atoms with van der Waals surface area (Å²) in [5, 5.41) is 15.9. The molecule has 1 rings (SSSR count). The SMILES string of the molecule is CCC(CCO)CNCC1CCCCN1. The van der Waals surface area contributed by atoms with Gasteiger partial charge in [0.2, 0.25) is 0 Å². The molecule has 1 aliphatic rings. The van der Waals surface area contributed by atoms with Crippen molar-refractivity contribution in [2.24, 2.45) is 5.92 Å². The van der Waals surface area contributed by atoms with Gasteiger partial charge in [-0.2, -0.15) is 0 Å². The van der Waals surface area contributed by atoms with E-state index in [1.54, 1.807) is 0 Å². The number of aliphatic hydroxyl groups is 1. The second-order valence-electron chi connectivity index (χ2n) is 4.59. The lowest BCUT2D eigenvalue weighted by Gasteiger charge is -2.24. The van der Waals surface area contributed by atoms with Crippen LogP contribution in [0.5, 0.6) is 0 Å². The molecule has 15 heavy (non-hydrogen) atoms. The highest BCUT2D eigenvalue weighted by Gasteiger charge is 2.12. The molecule has 2 atom stereocenters. The number of aliphatic hydroxyl groups excluding tert-OH is 1. The van der Waals surface area contributed by atoms with Crippen LogP contribution in [0.25, 0.3) is 0 Å². The summed E-state index contributed by atoms with van der Waals surface area (Å²) in [6.07, 6.45) is 6.10. The summed E-state index contributed by atoms with van der Waals surface area (Å²) in [5.41, 5.74) is 0. The van der Waals surface area contributed by atoms with Crippen LogP contribution in [-0.2, 0) is 0 Å². The molecular weight excluding hydrogens is 188 g/mol. The van der Waals surface area contributed by atoms with E-state index in [0.717, 1.165) is 25.9 Å². The Labute approximate surface area is 93.6 Å². The third-order valence-corrected chi connectivity index (χ3v) is 3.35. The van der Waals surface area contributed by atoms with Crippen LogP contribution in [0.15, 0.2) is 0 Å². The predicted molar refractivity (Wildman–Crippen MR) is 64.0 cm³/mol. The minimum absolute atomic E-state index is 0.321. The van der Waals surface area contributed by atoms with Gasteiger partial charge in [0.05, 0.1) is 0 Å². The fourth-order valence-electron chi connectivity index (χ4n) is 2.19. The number of hydrogen-bond donors (Lipinski definition) is 3. The number of rotatable bonds is 7. The first-order valence-corrected chi connectivity index (χ1v) is 6.41. The first-order valence-electron chi connectivity index (χ1n) is 6.41. The van der Waals surface area contributed by atoms with Crippen LogP contribution in [0.2, 0.25) is 0 Å². The van der Waals surface area contributed by atoms with Gasteiger partial charge in [-0.25, -0.2) is 0 Å². The van der Waals surface area contributed by atoms with Gasteiger partial charge in [-0.05, 0) is 38.3 Å². The summed E-state index contributed by atoms with van der Waals surface area (Å²) in [7, 11) is 0. The first kappa shape index (κ1) is 12.9. The molecule has 2 unspecified atom stereocenters. The van der Waals surface area contributed by atoms with Gasteiger partial charge in [0.15, 0.2) is 0 Å². The highest BCUT2D eigenvalue weighted by Crippen LogP contribution is 2.08. The van der Waals surface area contributed by atoms with Crippen molar-refractivity contribution in [2.45, 2.75) is 45.1 Å². The maximum Gasteiger partial charge on any atom is 0.0434 e. The lowest BCUT2D eigenvalue weighted by Crippen LogP contribution is -2.42. The zero-order chi connectivity index (χ0) is 10.9. The van der Waals surface area contributed by atoms with Gasteiger partial charge in [0, 0.05) is 19.2 Å².